The van der Waals surface area contributed by atoms with Crippen molar-refractivity contribution in [1.82, 2.24) is 10.0 Å². The number of hydroxylamine groups is 2. The maximum Gasteiger partial charge on any atom is 0.304 e. The van der Waals surface area contributed by atoms with Crippen LogP contribution in [0.2, 0.25) is 0 Å². The van der Waals surface area contributed by atoms with Crippen molar-refractivity contribution in [3.05, 3.63) is 54.4 Å². The van der Waals surface area contributed by atoms with Crippen molar-refractivity contribution in [2.45, 2.75) is 0 Å². The van der Waals surface area contributed by atoms with Crippen LogP contribution in [0.4, 0.5) is 5.69 Å². The second-order valence-electron chi connectivity index (χ2n) is 3.68. The number of anilines is 1. The van der Waals surface area contributed by atoms with Crippen LogP contribution in [0.5, 0.6) is 5.75 Å². The molecule has 0 unspecified atom stereocenters. The molecular formula is C13H13N3O2. The zero-order chi connectivity index (χ0) is 13.0. The fourth-order valence-corrected chi connectivity index (χ4v) is 1.38. The minimum Gasteiger partial charge on any atom is -0.399 e. The Morgan fingerprint density at radius 1 is 1.22 bits per heavy atom. The average Bonchev–Trinajstić information content (AvgIpc) is 2.41. The number of benzene rings is 1. The highest BCUT2D eigenvalue weighted by atomic mass is 16.7. The second-order valence-corrected chi connectivity index (χ2v) is 3.68. The van der Waals surface area contributed by atoms with Crippen molar-refractivity contribution in [3.8, 4) is 5.75 Å². The summed E-state index contributed by atoms with van der Waals surface area (Å²) in [6, 6.07) is 11.9. The summed E-state index contributed by atoms with van der Waals surface area (Å²) >= 11 is 0. The van der Waals surface area contributed by atoms with Gasteiger partial charge < -0.3 is 10.6 Å². The lowest BCUT2D eigenvalue weighted by Gasteiger charge is -2.17. The number of hydrogen-bond donors (Lipinski definition) is 1. The van der Waals surface area contributed by atoms with Gasteiger partial charge in [-0.3, -0.25) is 9.78 Å². The standard InChI is InChI=1S/C13H13N3O2/c1-16(13(17)12-4-2-3-9-15-12)18-11-7-5-10(14)6-8-11/h2-9H,14H2,1H3. The van der Waals surface area contributed by atoms with Gasteiger partial charge in [0.05, 0.1) is 0 Å². The molecule has 0 aliphatic heterocycles. The van der Waals surface area contributed by atoms with E-state index in [2.05, 4.69) is 4.98 Å². The van der Waals surface area contributed by atoms with E-state index in [1.807, 2.05) is 0 Å². The summed E-state index contributed by atoms with van der Waals surface area (Å²) in [5, 5.41) is 1.13. The third-order valence-electron chi connectivity index (χ3n) is 2.29. The molecule has 1 aromatic carbocycles. The Balaban J connectivity index is 2.06. The number of nitrogens with two attached hydrogens (primary N) is 1. The zero-order valence-electron chi connectivity index (χ0n) is 9.91. The lowest BCUT2D eigenvalue weighted by molar-refractivity contribution is -0.0143. The smallest absolute Gasteiger partial charge is 0.304 e. The fourth-order valence-electron chi connectivity index (χ4n) is 1.38. The number of carbonyl (C=O) groups excluding carboxylic acids is 1. The Morgan fingerprint density at radius 3 is 2.56 bits per heavy atom. The van der Waals surface area contributed by atoms with Crippen LogP contribution in [0, 0.1) is 0 Å². The van der Waals surface area contributed by atoms with E-state index in [1.54, 1.807) is 48.7 Å². The summed E-state index contributed by atoms with van der Waals surface area (Å²) in [5.41, 5.74) is 6.53. The van der Waals surface area contributed by atoms with Crippen LogP contribution in [0.25, 0.3) is 0 Å². The number of rotatable bonds is 3. The molecule has 92 valence electrons. The largest absolute Gasteiger partial charge is 0.399 e. The third kappa shape index (κ3) is 2.76. The molecule has 0 aliphatic rings. The van der Waals surface area contributed by atoms with Crippen molar-refractivity contribution >= 4 is 11.6 Å². The molecule has 1 amide bonds. The number of carbonyl (C=O) groups is 1. The molecule has 2 aromatic rings. The van der Waals surface area contributed by atoms with E-state index in [4.69, 9.17) is 10.6 Å². The molecular weight excluding hydrogens is 230 g/mol. The van der Waals surface area contributed by atoms with E-state index in [0.717, 1.165) is 5.06 Å². The topological polar surface area (TPSA) is 68.5 Å². The normalized spacial score (nSPS) is 9.83. The van der Waals surface area contributed by atoms with Crippen LogP contribution in [0.1, 0.15) is 10.5 Å². The first kappa shape index (κ1) is 11.9. The molecule has 1 aromatic heterocycles. The highest BCUT2D eigenvalue weighted by Crippen LogP contribution is 2.14. The summed E-state index contributed by atoms with van der Waals surface area (Å²) in [5.74, 6) is 0.225. The van der Waals surface area contributed by atoms with E-state index in [0.29, 0.717) is 17.1 Å². The molecule has 5 nitrogen and oxygen atoms in total. The van der Waals surface area contributed by atoms with Gasteiger partial charge >= 0.3 is 5.91 Å². The van der Waals surface area contributed by atoms with E-state index >= 15 is 0 Å². The maximum atomic E-state index is 11.9. The Bertz CT molecular complexity index is 526. The molecule has 2 rings (SSSR count). The summed E-state index contributed by atoms with van der Waals surface area (Å²) in [4.78, 5) is 21.3. The maximum absolute atomic E-state index is 11.9. The molecule has 0 fully saturated rings. The predicted molar refractivity (Wildman–Crippen MR) is 67.8 cm³/mol. The van der Waals surface area contributed by atoms with Gasteiger partial charge in [-0.1, -0.05) is 6.07 Å². The number of nitrogen functional groups attached to an aromatic ring is 1. The molecule has 0 atom stereocenters. The highest BCUT2D eigenvalue weighted by Gasteiger charge is 2.14. The predicted octanol–water partition coefficient (Wildman–Crippen LogP) is 1.73. The molecule has 2 N–H and O–H groups in total. The first-order valence-electron chi connectivity index (χ1n) is 5.39. The van der Waals surface area contributed by atoms with Gasteiger partial charge in [0.1, 0.15) is 5.69 Å². The van der Waals surface area contributed by atoms with Gasteiger partial charge in [0, 0.05) is 18.9 Å². The van der Waals surface area contributed by atoms with Gasteiger partial charge in [-0.05, 0) is 36.4 Å². The average molecular weight is 243 g/mol. The number of pyridine rings is 1. The van der Waals surface area contributed by atoms with Crippen LogP contribution in [0.3, 0.4) is 0 Å². The van der Waals surface area contributed by atoms with Crippen molar-refractivity contribution in [1.29, 1.82) is 0 Å². The number of hydrogen-bond acceptors (Lipinski definition) is 4. The second kappa shape index (κ2) is 5.18. The summed E-state index contributed by atoms with van der Waals surface area (Å²) in [7, 11) is 1.54. The minimum atomic E-state index is -0.313. The van der Waals surface area contributed by atoms with Gasteiger partial charge in [0.2, 0.25) is 0 Å². The van der Waals surface area contributed by atoms with E-state index in [9.17, 15) is 4.79 Å². The van der Waals surface area contributed by atoms with Crippen molar-refractivity contribution in [3.63, 3.8) is 0 Å². The van der Waals surface area contributed by atoms with E-state index < -0.39 is 0 Å². The van der Waals surface area contributed by atoms with Crippen molar-refractivity contribution < 1.29 is 9.63 Å². The summed E-state index contributed by atoms with van der Waals surface area (Å²) in [6.07, 6.45) is 1.56. The Kier molecular flexibility index (Phi) is 3.43. The van der Waals surface area contributed by atoms with Gasteiger partial charge in [0.15, 0.2) is 5.75 Å². The molecule has 0 bridgehead atoms. The number of amides is 1. The Hall–Kier alpha value is -2.56. The lowest BCUT2D eigenvalue weighted by Crippen LogP contribution is -2.30. The van der Waals surface area contributed by atoms with Crippen molar-refractivity contribution in [2.24, 2.45) is 0 Å². The zero-order valence-corrected chi connectivity index (χ0v) is 9.91. The Morgan fingerprint density at radius 2 is 1.94 bits per heavy atom. The fraction of sp³-hybridized carbons (Fsp3) is 0.0769. The van der Waals surface area contributed by atoms with Crippen LogP contribution in [-0.2, 0) is 0 Å². The van der Waals surface area contributed by atoms with Crippen LogP contribution in [-0.4, -0.2) is 23.0 Å². The molecule has 0 aliphatic carbocycles. The third-order valence-corrected chi connectivity index (χ3v) is 2.29. The Labute approximate surface area is 105 Å². The molecule has 0 radical (unpaired) electrons. The van der Waals surface area contributed by atoms with Gasteiger partial charge in [-0.15, -0.1) is 0 Å². The molecule has 0 spiro atoms. The minimum absolute atomic E-state index is 0.313. The highest BCUT2D eigenvalue weighted by molar-refractivity contribution is 5.91. The SMILES string of the molecule is CN(Oc1ccc(N)cc1)C(=O)c1ccccn1. The monoisotopic (exact) mass is 243 g/mol. The first-order chi connectivity index (χ1) is 8.66. The molecule has 1 heterocycles. The number of aromatic nitrogens is 1. The van der Waals surface area contributed by atoms with Crippen LogP contribution in [0.15, 0.2) is 48.7 Å². The van der Waals surface area contributed by atoms with Gasteiger partial charge in [0.25, 0.3) is 0 Å². The lowest BCUT2D eigenvalue weighted by atomic mass is 10.3. The van der Waals surface area contributed by atoms with Crippen LogP contribution < -0.4 is 10.6 Å². The van der Waals surface area contributed by atoms with Crippen LogP contribution >= 0.6 is 0 Å². The van der Waals surface area contributed by atoms with E-state index in [-0.39, 0.29) is 5.91 Å². The van der Waals surface area contributed by atoms with Gasteiger partial charge in [-0.25, -0.2) is 0 Å². The molecule has 18 heavy (non-hydrogen) atoms. The summed E-state index contributed by atoms with van der Waals surface area (Å²) < 4.78 is 0. The molecule has 5 heteroatoms. The first-order valence-corrected chi connectivity index (χ1v) is 5.39. The van der Waals surface area contributed by atoms with Gasteiger partial charge in [-0.2, -0.15) is 5.06 Å². The van der Waals surface area contributed by atoms with E-state index in [1.165, 1.54) is 7.05 Å². The molecule has 0 saturated carbocycles. The van der Waals surface area contributed by atoms with Crippen molar-refractivity contribution in [2.75, 3.05) is 12.8 Å². The molecule has 0 saturated heterocycles. The quantitative estimate of drug-likeness (QED) is 0.658. The number of nitrogens with zero attached hydrogens (tertiary/aromatic N) is 2. The summed E-state index contributed by atoms with van der Waals surface area (Å²) in [6.45, 7) is 0.